The molecule has 3 heteroatoms. The minimum Gasteiger partial charge on any atom is -0.494 e. The second kappa shape index (κ2) is 4.47. The van der Waals surface area contributed by atoms with Crippen LogP contribution < -0.4 is 15.2 Å². The number of hydrogen-bond acceptors (Lipinski definition) is 3. The zero-order valence-corrected chi connectivity index (χ0v) is 11.7. The van der Waals surface area contributed by atoms with Crippen LogP contribution in [-0.2, 0) is 5.54 Å². The van der Waals surface area contributed by atoms with Gasteiger partial charge in [0, 0.05) is 17.5 Å². The molecule has 0 spiro atoms. The lowest BCUT2D eigenvalue weighted by Gasteiger charge is -2.42. The van der Waals surface area contributed by atoms with Crippen LogP contribution in [0.1, 0.15) is 46.1 Å². The predicted octanol–water partition coefficient (Wildman–Crippen LogP) is 3.21. The smallest absolute Gasteiger partial charge is 0.125 e. The summed E-state index contributed by atoms with van der Waals surface area (Å²) in [5.41, 5.74) is 6.87. The quantitative estimate of drug-likeness (QED) is 0.894. The molecule has 18 heavy (non-hydrogen) atoms. The summed E-state index contributed by atoms with van der Waals surface area (Å²) in [5.74, 6) is 1.75. The Morgan fingerprint density at radius 2 is 2.06 bits per heavy atom. The van der Waals surface area contributed by atoms with E-state index in [2.05, 4.69) is 27.7 Å². The van der Waals surface area contributed by atoms with Gasteiger partial charge in [-0.3, -0.25) is 0 Å². The molecular formula is C15H23NO2. The Morgan fingerprint density at radius 1 is 1.33 bits per heavy atom. The van der Waals surface area contributed by atoms with Crippen molar-refractivity contribution in [3.8, 4) is 11.5 Å². The molecule has 1 atom stereocenters. The molecule has 1 aromatic carbocycles. The molecule has 1 heterocycles. The summed E-state index contributed by atoms with van der Waals surface area (Å²) in [4.78, 5) is 0. The molecule has 2 N–H and O–H groups in total. The van der Waals surface area contributed by atoms with E-state index in [0.29, 0.717) is 0 Å². The van der Waals surface area contributed by atoms with Crippen LogP contribution in [0, 0.1) is 0 Å². The summed E-state index contributed by atoms with van der Waals surface area (Å²) in [6.07, 6.45) is 1.80. The Hall–Kier alpha value is -1.22. The van der Waals surface area contributed by atoms with Crippen molar-refractivity contribution in [3.63, 3.8) is 0 Å². The van der Waals surface area contributed by atoms with Crippen LogP contribution in [-0.4, -0.2) is 12.2 Å². The zero-order chi connectivity index (χ0) is 13.4. The Balaban J connectivity index is 2.34. The fourth-order valence-electron chi connectivity index (χ4n) is 2.67. The van der Waals surface area contributed by atoms with Crippen LogP contribution in [0.5, 0.6) is 11.5 Å². The third-order valence-corrected chi connectivity index (χ3v) is 3.22. The van der Waals surface area contributed by atoms with E-state index >= 15 is 0 Å². The summed E-state index contributed by atoms with van der Waals surface area (Å²) in [7, 11) is 0. The van der Waals surface area contributed by atoms with Gasteiger partial charge in [-0.2, -0.15) is 0 Å². The van der Waals surface area contributed by atoms with Crippen molar-refractivity contribution in [1.29, 1.82) is 0 Å². The lowest BCUT2D eigenvalue weighted by atomic mass is 9.80. The van der Waals surface area contributed by atoms with Gasteiger partial charge in [-0.05, 0) is 45.4 Å². The van der Waals surface area contributed by atoms with Gasteiger partial charge in [0.05, 0.1) is 6.61 Å². The lowest BCUT2D eigenvalue weighted by Crippen LogP contribution is -2.47. The van der Waals surface area contributed by atoms with E-state index in [1.807, 2.05) is 18.2 Å². The second-order valence-electron chi connectivity index (χ2n) is 5.96. The van der Waals surface area contributed by atoms with Gasteiger partial charge in [0.25, 0.3) is 0 Å². The number of rotatable bonds is 3. The number of fused-ring (bicyclic) bond motifs is 1. The second-order valence-corrected chi connectivity index (χ2v) is 5.96. The maximum Gasteiger partial charge on any atom is 0.125 e. The highest BCUT2D eigenvalue weighted by Crippen LogP contribution is 2.43. The van der Waals surface area contributed by atoms with Gasteiger partial charge in [0.15, 0.2) is 0 Å². The molecule has 2 rings (SSSR count). The third-order valence-electron chi connectivity index (χ3n) is 3.22. The van der Waals surface area contributed by atoms with Gasteiger partial charge in [0.2, 0.25) is 0 Å². The summed E-state index contributed by atoms with van der Waals surface area (Å²) < 4.78 is 11.6. The summed E-state index contributed by atoms with van der Waals surface area (Å²) in [6.45, 7) is 9.02. The molecule has 0 bridgehead atoms. The molecule has 1 aliphatic heterocycles. The first-order chi connectivity index (χ1) is 8.34. The van der Waals surface area contributed by atoms with Crippen LogP contribution in [0.3, 0.4) is 0 Å². The summed E-state index contributed by atoms with van der Waals surface area (Å²) >= 11 is 0. The van der Waals surface area contributed by atoms with Crippen molar-refractivity contribution in [2.24, 2.45) is 5.73 Å². The van der Waals surface area contributed by atoms with E-state index < -0.39 is 0 Å². The first-order valence-corrected chi connectivity index (χ1v) is 6.59. The molecule has 0 aliphatic carbocycles. The van der Waals surface area contributed by atoms with Crippen LogP contribution in [0.25, 0.3) is 0 Å². The largest absolute Gasteiger partial charge is 0.494 e. The number of ether oxygens (including phenoxy) is 2. The highest BCUT2D eigenvalue weighted by Gasteiger charge is 2.39. The van der Waals surface area contributed by atoms with Gasteiger partial charge in [-0.15, -0.1) is 0 Å². The van der Waals surface area contributed by atoms with Crippen LogP contribution in [0.4, 0.5) is 0 Å². The molecule has 0 radical (unpaired) electrons. The number of hydrogen-bond donors (Lipinski definition) is 1. The van der Waals surface area contributed by atoms with Crippen LogP contribution >= 0.6 is 0 Å². The minimum absolute atomic E-state index is 0.220. The number of benzene rings is 1. The maximum atomic E-state index is 6.43. The molecule has 0 saturated carbocycles. The number of nitrogens with two attached hydrogens (primary N) is 1. The highest BCUT2D eigenvalue weighted by atomic mass is 16.5. The van der Waals surface area contributed by atoms with Gasteiger partial charge in [0.1, 0.15) is 17.1 Å². The fraction of sp³-hybridized carbons (Fsp3) is 0.600. The molecule has 0 aromatic heterocycles. The topological polar surface area (TPSA) is 44.5 Å². The Kier molecular flexibility index (Phi) is 3.28. The van der Waals surface area contributed by atoms with Gasteiger partial charge in [-0.1, -0.05) is 6.92 Å². The van der Waals surface area contributed by atoms with Crippen LogP contribution in [0.2, 0.25) is 0 Å². The SMILES string of the molecule is CCCOc1ccc2c(c1)C(C)(N)CC(C)(C)O2. The first-order valence-electron chi connectivity index (χ1n) is 6.59. The average molecular weight is 249 g/mol. The van der Waals surface area contributed by atoms with Crippen molar-refractivity contribution >= 4 is 0 Å². The van der Waals surface area contributed by atoms with Gasteiger partial charge < -0.3 is 15.2 Å². The Labute approximate surface area is 109 Å². The molecule has 100 valence electrons. The Bertz CT molecular complexity index is 438. The van der Waals surface area contributed by atoms with Crippen molar-refractivity contribution in [1.82, 2.24) is 0 Å². The van der Waals surface area contributed by atoms with E-state index in [1.165, 1.54) is 0 Å². The van der Waals surface area contributed by atoms with Crippen LogP contribution in [0.15, 0.2) is 18.2 Å². The minimum atomic E-state index is -0.372. The molecule has 1 aliphatic rings. The van der Waals surface area contributed by atoms with Crippen molar-refractivity contribution in [3.05, 3.63) is 23.8 Å². The maximum absolute atomic E-state index is 6.43. The summed E-state index contributed by atoms with van der Waals surface area (Å²) in [5, 5.41) is 0. The van der Waals surface area contributed by atoms with E-state index in [9.17, 15) is 0 Å². The first kappa shape index (κ1) is 13.2. The van der Waals surface area contributed by atoms with E-state index in [1.54, 1.807) is 0 Å². The molecule has 0 amide bonds. The average Bonchev–Trinajstić information content (AvgIpc) is 2.24. The van der Waals surface area contributed by atoms with E-state index in [-0.39, 0.29) is 11.1 Å². The predicted molar refractivity (Wildman–Crippen MR) is 73.1 cm³/mol. The lowest BCUT2D eigenvalue weighted by molar-refractivity contribution is 0.0500. The van der Waals surface area contributed by atoms with Gasteiger partial charge >= 0.3 is 0 Å². The van der Waals surface area contributed by atoms with E-state index in [4.69, 9.17) is 15.2 Å². The normalized spacial score (nSPS) is 25.2. The third kappa shape index (κ3) is 2.61. The monoisotopic (exact) mass is 249 g/mol. The molecule has 0 saturated heterocycles. The summed E-state index contributed by atoms with van der Waals surface area (Å²) in [6, 6.07) is 5.93. The Morgan fingerprint density at radius 3 is 2.72 bits per heavy atom. The molecule has 1 unspecified atom stereocenters. The zero-order valence-electron chi connectivity index (χ0n) is 11.7. The molecule has 1 aromatic rings. The van der Waals surface area contributed by atoms with Crippen molar-refractivity contribution in [2.45, 2.75) is 51.7 Å². The highest BCUT2D eigenvalue weighted by molar-refractivity contribution is 5.46. The van der Waals surface area contributed by atoms with Crippen molar-refractivity contribution < 1.29 is 9.47 Å². The van der Waals surface area contributed by atoms with E-state index in [0.717, 1.165) is 36.5 Å². The van der Waals surface area contributed by atoms with Crippen molar-refractivity contribution in [2.75, 3.05) is 6.61 Å². The fourth-order valence-corrected chi connectivity index (χ4v) is 2.67. The molecular weight excluding hydrogens is 226 g/mol. The standard InChI is InChI=1S/C15H23NO2/c1-5-8-17-11-6-7-13-12(9-11)15(4,16)10-14(2,3)18-13/h6-7,9H,5,8,10,16H2,1-4H3. The molecule has 0 fully saturated rings. The molecule has 3 nitrogen and oxygen atoms in total. The van der Waals surface area contributed by atoms with Gasteiger partial charge in [-0.25, -0.2) is 0 Å².